The number of imidazole rings is 1. The number of hydrogen-bond acceptors (Lipinski definition) is 2. The predicted octanol–water partition coefficient (Wildman–Crippen LogP) is 7.08. The molecule has 32 heavy (non-hydrogen) atoms. The minimum absolute atomic E-state index is 0.796. The Morgan fingerprint density at radius 2 is 1.44 bits per heavy atom. The summed E-state index contributed by atoms with van der Waals surface area (Å²) in [6.45, 7) is 0.796. The summed E-state index contributed by atoms with van der Waals surface area (Å²) in [6.07, 6.45) is 0. The van der Waals surface area contributed by atoms with Crippen molar-refractivity contribution in [1.82, 2.24) is 9.55 Å². The molecule has 3 heteroatoms. The van der Waals surface area contributed by atoms with Crippen molar-refractivity contribution in [1.29, 1.82) is 0 Å². The van der Waals surface area contributed by atoms with Crippen LogP contribution in [0.15, 0.2) is 97.1 Å². The van der Waals surface area contributed by atoms with Gasteiger partial charge in [-0.05, 0) is 63.0 Å². The van der Waals surface area contributed by atoms with Gasteiger partial charge in [0.1, 0.15) is 5.82 Å². The summed E-state index contributed by atoms with van der Waals surface area (Å²) < 4.78 is 2.31. The third kappa shape index (κ3) is 2.39. The van der Waals surface area contributed by atoms with Crippen molar-refractivity contribution in [2.75, 3.05) is 11.9 Å². The number of aromatic nitrogens is 2. The summed E-state index contributed by atoms with van der Waals surface area (Å²) in [7, 11) is 2.17. The smallest absolute Gasteiger partial charge is 0.144 e. The molecule has 3 nitrogen and oxygen atoms in total. The van der Waals surface area contributed by atoms with E-state index in [1.165, 1.54) is 49.4 Å². The zero-order valence-electron chi connectivity index (χ0n) is 17.8. The van der Waals surface area contributed by atoms with Gasteiger partial charge in [-0.15, -0.1) is 0 Å². The highest BCUT2D eigenvalue weighted by Gasteiger charge is 2.24. The van der Waals surface area contributed by atoms with Crippen molar-refractivity contribution < 1.29 is 0 Å². The molecule has 0 spiro atoms. The van der Waals surface area contributed by atoms with E-state index in [1.807, 2.05) is 0 Å². The van der Waals surface area contributed by atoms with Crippen molar-refractivity contribution in [2.45, 2.75) is 6.67 Å². The first-order valence-electron chi connectivity index (χ1n) is 11.0. The molecule has 0 atom stereocenters. The third-order valence-electron chi connectivity index (χ3n) is 6.74. The lowest BCUT2D eigenvalue weighted by atomic mass is 9.92. The second kappa shape index (κ2) is 6.44. The molecule has 1 aliphatic rings. The minimum Gasteiger partial charge on any atom is -0.356 e. The highest BCUT2D eigenvalue weighted by Crippen LogP contribution is 2.41. The quantitative estimate of drug-likeness (QED) is 0.269. The van der Waals surface area contributed by atoms with Crippen LogP contribution in [-0.4, -0.2) is 16.6 Å². The van der Waals surface area contributed by atoms with E-state index in [9.17, 15) is 0 Å². The van der Waals surface area contributed by atoms with Crippen LogP contribution in [0, 0.1) is 0 Å². The first-order chi connectivity index (χ1) is 15.8. The van der Waals surface area contributed by atoms with Gasteiger partial charge in [0, 0.05) is 18.3 Å². The molecule has 5 aromatic carbocycles. The van der Waals surface area contributed by atoms with Crippen LogP contribution in [0.25, 0.3) is 55.1 Å². The SMILES string of the molecule is CN1Cn2c(nc3ccccc32)-c2ccc(-c3cc4ccccc4c4ccccc34)cc21. The fourth-order valence-corrected chi connectivity index (χ4v) is 5.21. The van der Waals surface area contributed by atoms with Gasteiger partial charge in [-0.1, -0.05) is 66.7 Å². The Labute approximate surface area is 186 Å². The first kappa shape index (κ1) is 17.6. The number of rotatable bonds is 1. The van der Waals surface area contributed by atoms with Crippen LogP contribution in [0.1, 0.15) is 0 Å². The van der Waals surface area contributed by atoms with Gasteiger partial charge >= 0.3 is 0 Å². The van der Waals surface area contributed by atoms with Gasteiger partial charge in [-0.3, -0.25) is 0 Å². The Morgan fingerprint density at radius 3 is 2.34 bits per heavy atom. The van der Waals surface area contributed by atoms with E-state index < -0.39 is 0 Å². The van der Waals surface area contributed by atoms with Gasteiger partial charge < -0.3 is 9.47 Å². The van der Waals surface area contributed by atoms with Gasteiger partial charge in [0.15, 0.2) is 0 Å². The highest BCUT2D eigenvalue weighted by molar-refractivity contribution is 6.14. The molecule has 1 aromatic heterocycles. The van der Waals surface area contributed by atoms with Crippen molar-refractivity contribution in [3.05, 3.63) is 97.1 Å². The second-order valence-electron chi connectivity index (χ2n) is 8.61. The van der Waals surface area contributed by atoms with E-state index in [0.717, 1.165) is 18.0 Å². The fourth-order valence-electron chi connectivity index (χ4n) is 5.21. The molecule has 0 saturated heterocycles. The van der Waals surface area contributed by atoms with Crippen LogP contribution in [0.4, 0.5) is 5.69 Å². The topological polar surface area (TPSA) is 21.1 Å². The molecule has 0 N–H and O–H groups in total. The number of hydrogen-bond donors (Lipinski definition) is 0. The summed E-state index contributed by atoms with van der Waals surface area (Å²) in [5.41, 5.74) is 7.15. The van der Waals surface area contributed by atoms with Gasteiger partial charge in [0.25, 0.3) is 0 Å². The maximum atomic E-state index is 4.96. The van der Waals surface area contributed by atoms with Crippen molar-refractivity contribution in [3.63, 3.8) is 0 Å². The number of anilines is 1. The standard InChI is InChI=1S/C29H21N3/c1-31-18-32-27-13-7-6-12-26(27)30-29(32)24-15-14-20(17-28(24)31)25-16-19-8-2-3-9-21(19)22-10-4-5-11-23(22)25/h2-17H,18H2,1H3. The van der Waals surface area contributed by atoms with Crippen LogP contribution in [0.3, 0.4) is 0 Å². The normalized spacial score (nSPS) is 13.0. The number of fused-ring (bicyclic) bond motifs is 8. The van der Waals surface area contributed by atoms with Crippen molar-refractivity contribution in [3.8, 4) is 22.5 Å². The van der Waals surface area contributed by atoms with Crippen molar-refractivity contribution >= 4 is 38.3 Å². The summed E-state index contributed by atoms with van der Waals surface area (Å²) >= 11 is 0. The predicted molar refractivity (Wildman–Crippen MR) is 134 cm³/mol. The van der Waals surface area contributed by atoms with E-state index >= 15 is 0 Å². The molecule has 6 aromatic rings. The van der Waals surface area contributed by atoms with Crippen molar-refractivity contribution in [2.24, 2.45) is 0 Å². The van der Waals surface area contributed by atoms with Crippen LogP contribution < -0.4 is 4.90 Å². The molecule has 0 radical (unpaired) electrons. The molecule has 0 aliphatic carbocycles. The molecule has 1 aliphatic heterocycles. The summed E-state index contributed by atoms with van der Waals surface area (Å²) in [4.78, 5) is 7.28. The van der Waals surface area contributed by atoms with E-state index in [4.69, 9.17) is 4.98 Å². The maximum absolute atomic E-state index is 4.96. The van der Waals surface area contributed by atoms with Crippen LogP contribution in [0.2, 0.25) is 0 Å². The molecular weight excluding hydrogens is 390 g/mol. The Kier molecular flexibility index (Phi) is 3.54. The lowest BCUT2D eigenvalue weighted by molar-refractivity contribution is 0.694. The van der Waals surface area contributed by atoms with Crippen LogP contribution in [-0.2, 0) is 6.67 Å². The molecule has 0 saturated carbocycles. The zero-order chi connectivity index (χ0) is 21.2. The minimum atomic E-state index is 0.796. The molecule has 7 rings (SSSR count). The average Bonchev–Trinajstić information content (AvgIpc) is 3.22. The molecule has 0 unspecified atom stereocenters. The van der Waals surface area contributed by atoms with Gasteiger partial charge in [0.05, 0.1) is 17.7 Å². The molecule has 152 valence electrons. The molecule has 0 amide bonds. The maximum Gasteiger partial charge on any atom is 0.144 e. The number of benzene rings is 5. The van der Waals surface area contributed by atoms with E-state index in [1.54, 1.807) is 0 Å². The first-order valence-corrected chi connectivity index (χ1v) is 11.0. The average molecular weight is 412 g/mol. The van der Waals surface area contributed by atoms with Crippen LogP contribution in [0.5, 0.6) is 0 Å². The van der Waals surface area contributed by atoms with Gasteiger partial charge in [0.2, 0.25) is 0 Å². The molecule has 0 fully saturated rings. The largest absolute Gasteiger partial charge is 0.356 e. The van der Waals surface area contributed by atoms with Gasteiger partial charge in [-0.25, -0.2) is 4.98 Å². The number of nitrogens with zero attached hydrogens (tertiary/aromatic N) is 3. The summed E-state index contributed by atoms with van der Waals surface area (Å²) in [5, 5.41) is 5.16. The lowest BCUT2D eigenvalue weighted by Gasteiger charge is -2.29. The molecular formula is C29H21N3. The highest BCUT2D eigenvalue weighted by atomic mass is 15.3. The number of para-hydroxylation sites is 2. The molecule has 2 heterocycles. The van der Waals surface area contributed by atoms with E-state index in [2.05, 4.69) is 114 Å². The summed E-state index contributed by atoms with van der Waals surface area (Å²) in [6, 6.07) is 34.9. The monoisotopic (exact) mass is 411 g/mol. The van der Waals surface area contributed by atoms with E-state index in [0.29, 0.717) is 0 Å². The molecule has 0 bridgehead atoms. The lowest BCUT2D eigenvalue weighted by Crippen LogP contribution is -2.26. The zero-order valence-corrected chi connectivity index (χ0v) is 17.8. The van der Waals surface area contributed by atoms with E-state index in [-0.39, 0.29) is 0 Å². The Bertz CT molecular complexity index is 1680. The Morgan fingerprint density at radius 1 is 0.688 bits per heavy atom. The van der Waals surface area contributed by atoms with Crippen LogP contribution >= 0.6 is 0 Å². The Balaban J connectivity index is 1.48. The fraction of sp³-hybridized carbons (Fsp3) is 0.0690. The second-order valence-corrected chi connectivity index (χ2v) is 8.61. The third-order valence-corrected chi connectivity index (χ3v) is 6.74. The van der Waals surface area contributed by atoms with Gasteiger partial charge in [-0.2, -0.15) is 0 Å². The summed E-state index contributed by atoms with van der Waals surface area (Å²) in [5.74, 6) is 1.05. The Hall–Kier alpha value is -4.11.